The minimum atomic E-state index is -0.233. The van der Waals surface area contributed by atoms with Gasteiger partial charge in [-0.3, -0.25) is 14.9 Å². The van der Waals surface area contributed by atoms with E-state index in [9.17, 15) is 9.59 Å². The van der Waals surface area contributed by atoms with Crippen LogP contribution in [0.2, 0.25) is 0 Å². The van der Waals surface area contributed by atoms with E-state index >= 15 is 0 Å². The number of carbonyl (C=O) groups is 2. The fourth-order valence-electron chi connectivity index (χ4n) is 2.28. The number of para-hydroxylation sites is 2. The molecule has 102 valence electrons. The molecule has 1 heterocycles. The van der Waals surface area contributed by atoms with Crippen LogP contribution < -0.4 is 15.0 Å². The van der Waals surface area contributed by atoms with Crippen molar-refractivity contribution in [2.75, 3.05) is 18.1 Å². The number of rotatable bonds is 5. The van der Waals surface area contributed by atoms with Gasteiger partial charge in [-0.05, 0) is 25.5 Å². The van der Waals surface area contributed by atoms with Crippen LogP contribution >= 0.6 is 0 Å². The Balaban J connectivity index is 1.98. The average molecular weight is 262 g/mol. The van der Waals surface area contributed by atoms with Crippen LogP contribution in [0.1, 0.15) is 19.8 Å². The van der Waals surface area contributed by atoms with E-state index in [2.05, 4.69) is 17.1 Å². The standard InChI is InChI=1S/C14H18N2O3/c1-11(6-7-14(18)15-10-17)16-8-9-19-13-5-3-2-4-12(13)16/h2-5,10-11H,6-9H2,1H3,(H,15,17,18). The zero-order valence-corrected chi connectivity index (χ0v) is 11.0. The van der Waals surface area contributed by atoms with Gasteiger partial charge >= 0.3 is 0 Å². The van der Waals surface area contributed by atoms with Crippen molar-refractivity contribution >= 4 is 18.0 Å². The summed E-state index contributed by atoms with van der Waals surface area (Å²) in [4.78, 5) is 23.7. The lowest BCUT2D eigenvalue weighted by molar-refractivity contribution is -0.125. The van der Waals surface area contributed by atoms with E-state index in [1.165, 1.54) is 0 Å². The topological polar surface area (TPSA) is 58.6 Å². The average Bonchev–Trinajstić information content (AvgIpc) is 2.44. The molecule has 1 atom stereocenters. The smallest absolute Gasteiger partial charge is 0.226 e. The lowest BCUT2D eigenvalue weighted by Gasteiger charge is -2.36. The number of benzene rings is 1. The largest absolute Gasteiger partial charge is 0.490 e. The Morgan fingerprint density at radius 2 is 2.32 bits per heavy atom. The first-order valence-corrected chi connectivity index (χ1v) is 6.44. The number of amides is 2. The molecule has 1 aromatic rings. The van der Waals surface area contributed by atoms with Crippen LogP contribution in [0.3, 0.4) is 0 Å². The quantitative estimate of drug-likeness (QED) is 0.813. The van der Waals surface area contributed by atoms with Crippen LogP contribution in [0, 0.1) is 0 Å². The third kappa shape index (κ3) is 3.24. The first kappa shape index (κ1) is 13.4. The highest BCUT2D eigenvalue weighted by Gasteiger charge is 2.22. The van der Waals surface area contributed by atoms with Gasteiger partial charge in [-0.25, -0.2) is 0 Å². The molecule has 0 saturated heterocycles. The van der Waals surface area contributed by atoms with Gasteiger partial charge in [-0.1, -0.05) is 12.1 Å². The van der Waals surface area contributed by atoms with Crippen LogP contribution in [0.15, 0.2) is 24.3 Å². The van der Waals surface area contributed by atoms with Crippen molar-refractivity contribution in [1.29, 1.82) is 0 Å². The molecular weight excluding hydrogens is 244 g/mol. The lowest BCUT2D eigenvalue weighted by atomic mass is 10.1. The number of nitrogens with one attached hydrogen (secondary N) is 1. The molecule has 19 heavy (non-hydrogen) atoms. The second-order valence-corrected chi connectivity index (χ2v) is 4.58. The summed E-state index contributed by atoms with van der Waals surface area (Å²) in [6.45, 7) is 3.55. The van der Waals surface area contributed by atoms with Crippen molar-refractivity contribution in [2.45, 2.75) is 25.8 Å². The van der Waals surface area contributed by atoms with Gasteiger partial charge in [-0.15, -0.1) is 0 Å². The van der Waals surface area contributed by atoms with E-state index < -0.39 is 0 Å². The fraction of sp³-hybridized carbons (Fsp3) is 0.429. The van der Waals surface area contributed by atoms with Gasteiger partial charge in [0, 0.05) is 12.5 Å². The number of carbonyl (C=O) groups excluding carboxylic acids is 2. The van der Waals surface area contributed by atoms with Gasteiger partial charge in [0.05, 0.1) is 12.2 Å². The third-order valence-electron chi connectivity index (χ3n) is 3.31. The molecule has 1 unspecified atom stereocenters. The molecule has 1 aliphatic rings. The molecule has 0 saturated carbocycles. The summed E-state index contributed by atoms with van der Waals surface area (Å²) in [5, 5.41) is 2.16. The summed E-state index contributed by atoms with van der Waals surface area (Å²) in [7, 11) is 0. The number of hydrogen-bond donors (Lipinski definition) is 1. The molecule has 5 nitrogen and oxygen atoms in total. The van der Waals surface area contributed by atoms with Crippen LogP contribution in [-0.4, -0.2) is 31.5 Å². The Morgan fingerprint density at radius 3 is 3.11 bits per heavy atom. The van der Waals surface area contributed by atoms with Crippen molar-refractivity contribution in [1.82, 2.24) is 5.32 Å². The zero-order chi connectivity index (χ0) is 13.7. The predicted octanol–water partition coefficient (Wildman–Crippen LogP) is 1.33. The van der Waals surface area contributed by atoms with Gasteiger partial charge in [0.25, 0.3) is 0 Å². The van der Waals surface area contributed by atoms with Crippen molar-refractivity contribution < 1.29 is 14.3 Å². The molecule has 0 aromatic heterocycles. The highest BCUT2D eigenvalue weighted by Crippen LogP contribution is 2.32. The highest BCUT2D eigenvalue weighted by molar-refractivity contribution is 5.85. The van der Waals surface area contributed by atoms with E-state index in [1.807, 2.05) is 24.3 Å². The molecule has 0 fully saturated rings. The van der Waals surface area contributed by atoms with Crippen LogP contribution in [0.25, 0.3) is 0 Å². The molecule has 1 N–H and O–H groups in total. The minimum Gasteiger partial charge on any atom is -0.490 e. The number of nitrogens with zero attached hydrogens (tertiary/aromatic N) is 1. The summed E-state index contributed by atoms with van der Waals surface area (Å²) >= 11 is 0. The normalized spacial score (nSPS) is 15.1. The van der Waals surface area contributed by atoms with Crippen molar-refractivity contribution in [3.05, 3.63) is 24.3 Å². The van der Waals surface area contributed by atoms with Crippen molar-refractivity contribution in [3.8, 4) is 5.75 Å². The first-order valence-electron chi connectivity index (χ1n) is 6.44. The summed E-state index contributed by atoms with van der Waals surface area (Å²) in [6, 6.07) is 8.13. The van der Waals surface area contributed by atoms with Gasteiger partial charge < -0.3 is 9.64 Å². The molecule has 0 bridgehead atoms. The summed E-state index contributed by atoms with van der Waals surface area (Å²) in [6.07, 6.45) is 1.48. The third-order valence-corrected chi connectivity index (χ3v) is 3.31. The Labute approximate surface area is 112 Å². The zero-order valence-electron chi connectivity index (χ0n) is 11.0. The maximum absolute atomic E-state index is 11.3. The maximum Gasteiger partial charge on any atom is 0.226 e. The van der Waals surface area contributed by atoms with E-state index in [0.717, 1.165) is 18.0 Å². The van der Waals surface area contributed by atoms with Gasteiger partial charge in [-0.2, -0.15) is 0 Å². The number of fused-ring (bicyclic) bond motifs is 1. The molecule has 0 spiro atoms. The number of hydrogen-bond acceptors (Lipinski definition) is 4. The van der Waals surface area contributed by atoms with E-state index in [0.29, 0.717) is 25.9 Å². The maximum atomic E-state index is 11.3. The molecule has 1 aliphatic heterocycles. The fourth-order valence-corrected chi connectivity index (χ4v) is 2.28. The molecule has 0 radical (unpaired) electrons. The van der Waals surface area contributed by atoms with Crippen molar-refractivity contribution in [3.63, 3.8) is 0 Å². The van der Waals surface area contributed by atoms with E-state index in [4.69, 9.17) is 4.74 Å². The number of ether oxygens (including phenoxy) is 1. The molecular formula is C14H18N2O3. The molecule has 2 rings (SSSR count). The molecule has 0 aliphatic carbocycles. The minimum absolute atomic E-state index is 0.224. The molecule has 2 amide bonds. The molecule has 1 aromatic carbocycles. The highest BCUT2D eigenvalue weighted by atomic mass is 16.5. The lowest BCUT2D eigenvalue weighted by Crippen LogP contribution is -2.40. The van der Waals surface area contributed by atoms with Crippen LogP contribution in [0.4, 0.5) is 5.69 Å². The van der Waals surface area contributed by atoms with Crippen LogP contribution in [0.5, 0.6) is 5.75 Å². The Hall–Kier alpha value is -2.04. The summed E-state index contributed by atoms with van der Waals surface area (Å²) in [5.74, 6) is 0.654. The number of anilines is 1. The van der Waals surface area contributed by atoms with E-state index in [1.54, 1.807) is 0 Å². The summed E-state index contributed by atoms with van der Waals surface area (Å²) in [5.41, 5.74) is 1.07. The Bertz CT molecular complexity index is 462. The monoisotopic (exact) mass is 262 g/mol. The van der Waals surface area contributed by atoms with Gasteiger partial charge in [0.1, 0.15) is 12.4 Å². The molecule has 5 heteroatoms. The first-order chi connectivity index (χ1) is 9.22. The summed E-state index contributed by atoms with van der Waals surface area (Å²) < 4.78 is 5.60. The number of imide groups is 1. The van der Waals surface area contributed by atoms with Gasteiger partial charge in [0.2, 0.25) is 12.3 Å². The van der Waals surface area contributed by atoms with E-state index in [-0.39, 0.29) is 11.9 Å². The predicted molar refractivity (Wildman–Crippen MR) is 72.2 cm³/mol. The van der Waals surface area contributed by atoms with Gasteiger partial charge in [0.15, 0.2) is 0 Å². The second kappa shape index (κ2) is 6.22. The van der Waals surface area contributed by atoms with Crippen LogP contribution in [-0.2, 0) is 9.59 Å². The SMILES string of the molecule is CC(CCC(=O)NC=O)N1CCOc2ccccc21. The Morgan fingerprint density at radius 1 is 1.53 bits per heavy atom. The second-order valence-electron chi connectivity index (χ2n) is 4.58. The van der Waals surface area contributed by atoms with Crippen molar-refractivity contribution in [2.24, 2.45) is 0 Å². The Kier molecular flexibility index (Phi) is 4.39.